The number of nitrogens with two attached hydrogens (primary N) is 2. The van der Waals surface area contributed by atoms with Gasteiger partial charge in [0.05, 0.1) is 5.56 Å². The molecule has 1 rings (SSSR count). The molecule has 0 radical (unpaired) electrons. The molecule has 0 aliphatic heterocycles. The Morgan fingerprint density at radius 2 is 1.80 bits per heavy atom. The third kappa shape index (κ3) is 5.33. The summed E-state index contributed by atoms with van der Waals surface area (Å²) in [5.41, 5.74) is 9.26. The van der Waals surface area contributed by atoms with Crippen molar-refractivity contribution in [2.75, 3.05) is 13.2 Å². The lowest BCUT2D eigenvalue weighted by molar-refractivity contribution is -0.138. The average Bonchev–Trinajstić information content (AvgIpc) is 2.51. The number of ketones is 1. The number of alkyl halides is 3. The van der Waals surface area contributed by atoms with Crippen molar-refractivity contribution in [1.29, 1.82) is 0 Å². The Labute approximate surface area is 142 Å². The lowest BCUT2D eigenvalue weighted by Gasteiger charge is -2.13. The average molecular weight is 357 g/mol. The highest BCUT2D eigenvalue weighted by atomic mass is 19.4. The Morgan fingerprint density at radius 3 is 2.32 bits per heavy atom. The second-order valence-corrected chi connectivity index (χ2v) is 4.96. The highest BCUT2D eigenvalue weighted by Gasteiger charge is 2.35. The SMILES string of the molecule is CCN=C(N)C(C(=O)OCC(=O)c1ccccc1C(F)(F)F)=C(C)N. The summed E-state index contributed by atoms with van der Waals surface area (Å²) in [5.74, 6) is -2.20. The van der Waals surface area contributed by atoms with Gasteiger partial charge in [-0.05, 0) is 19.9 Å². The Balaban J connectivity index is 2.96. The van der Waals surface area contributed by atoms with E-state index in [0.29, 0.717) is 0 Å². The molecule has 25 heavy (non-hydrogen) atoms. The molecule has 0 saturated heterocycles. The van der Waals surface area contributed by atoms with E-state index in [9.17, 15) is 22.8 Å². The highest BCUT2D eigenvalue weighted by Crippen LogP contribution is 2.32. The fourth-order valence-corrected chi connectivity index (χ4v) is 1.97. The number of rotatable bonds is 6. The number of hydrogen-bond acceptors (Lipinski definition) is 5. The lowest BCUT2D eigenvalue weighted by atomic mass is 10.0. The van der Waals surface area contributed by atoms with Gasteiger partial charge in [0.1, 0.15) is 11.4 Å². The fraction of sp³-hybridized carbons (Fsp3) is 0.312. The summed E-state index contributed by atoms with van der Waals surface area (Å²) in [5, 5.41) is 0. The molecule has 0 aromatic heterocycles. The van der Waals surface area contributed by atoms with Crippen molar-refractivity contribution >= 4 is 17.6 Å². The molecule has 1 aromatic rings. The van der Waals surface area contributed by atoms with Crippen molar-refractivity contribution in [1.82, 2.24) is 0 Å². The van der Waals surface area contributed by atoms with Crippen molar-refractivity contribution in [2.24, 2.45) is 16.5 Å². The second kappa shape index (κ2) is 8.32. The van der Waals surface area contributed by atoms with Crippen LogP contribution in [0.15, 0.2) is 40.5 Å². The first kappa shape index (κ1) is 20.2. The number of Topliss-reactive ketones (excluding diaryl/α,β-unsaturated/α-hetero) is 1. The van der Waals surface area contributed by atoms with Crippen LogP contribution < -0.4 is 11.5 Å². The van der Waals surface area contributed by atoms with E-state index >= 15 is 0 Å². The zero-order valence-electron chi connectivity index (χ0n) is 13.7. The minimum absolute atomic E-state index is 0.0165. The van der Waals surface area contributed by atoms with Crippen LogP contribution in [0.4, 0.5) is 13.2 Å². The van der Waals surface area contributed by atoms with E-state index in [4.69, 9.17) is 16.2 Å². The number of hydrogen-bond donors (Lipinski definition) is 2. The van der Waals surface area contributed by atoms with Crippen molar-refractivity contribution in [3.63, 3.8) is 0 Å². The summed E-state index contributed by atoms with van der Waals surface area (Å²) in [6.45, 7) is 2.46. The molecule has 136 valence electrons. The van der Waals surface area contributed by atoms with Crippen LogP contribution in [0, 0.1) is 0 Å². The van der Waals surface area contributed by atoms with Crippen molar-refractivity contribution in [2.45, 2.75) is 20.0 Å². The number of nitrogens with zero attached hydrogens (tertiary/aromatic N) is 1. The van der Waals surface area contributed by atoms with Crippen molar-refractivity contribution in [3.8, 4) is 0 Å². The molecule has 0 fully saturated rings. The zero-order chi connectivity index (χ0) is 19.2. The minimum Gasteiger partial charge on any atom is -0.454 e. The van der Waals surface area contributed by atoms with E-state index < -0.39 is 35.7 Å². The summed E-state index contributed by atoms with van der Waals surface area (Å²) in [6.07, 6.45) is -4.70. The maximum absolute atomic E-state index is 12.9. The monoisotopic (exact) mass is 357 g/mol. The number of halogens is 3. The van der Waals surface area contributed by atoms with E-state index in [-0.39, 0.29) is 23.7 Å². The van der Waals surface area contributed by atoms with Crippen LogP contribution in [0.3, 0.4) is 0 Å². The van der Waals surface area contributed by atoms with Gasteiger partial charge in [0.2, 0.25) is 5.78 Å². The van der Waals surface area contributed by atoms with Crippen molar-refractivity contribution in [3.05, 3.63) is 46.7 Å². The van der Waals surface area contributed by atoms with Gasteiger partial charge in [-0.3, -0.25) is 9.79 Å². The summed E-state index contributed by atoms with van der Waals surface area (Å²) >= 11 is 0. The molecule has 1 aromatic carbocycles. The Kier molecular flexibility index (Phi) is 6.72. The van der Waals surface area contributed by atoms with E-state index in [1.165, 1.54) is 13.0 Å². The molecule has 0 amide bonds. The van der Waals surface area contributed by atoms with Gasteiger partial charge in [0.25, 0.3) is 0 Å². The fourth-order valence-electron chi connectivity index (χ4n) is 1.97. The molecular formula is C16H18F3N3O3. The van der Waals surface area contributed by atoms with Gasteiger partial charge >= 0.3 is 12.1 Å². The van der Waals surface area contributed by atoms with Gasteiger partial charge in [0.15, 0.2) is 6.61 Å². The number of aliphatic imine (C=N–C) groups is 1. The first-order chi connectivity index (χ1) is 11.6. The highest BCUT2D eigenvalue weighted by molar-refractivity contribution is 6.19. The molecule has 0 bridgehead atoms. The van der Waals surface area contributed by atoms with Gasteiger partial charge in [-0.25, -0.2) is 4.79 Å². The molecule has 0 unspecified atom stereocenters. The van der Waals surface area contributed by atoms with Crippen LogP contribution in [-0.2, 0) is 15.7 Å². The Bertz CT molecular complexity index is 721. The summed E-state index contributed by atoms with van der Waals surface area (Å²) in [7, 11) is 0. The lowest BCUT2D eigenvalue weighted by Crippen LogP contribution is -2.28. The predicted octanol–water partition coefficient (Wildman–Crippen LogP) is 2.04. The third-order valence-corrected chi connectivity index (χ3v) is 3.05. The minimum atomic E-state index is -4.70. The molecule has 4 N–H and O–H groups in total. The first-order valence-electron chi connectivity index (χ1n) is 7.22. The maximum atomic E-state index is 12.9. The number of carbonyl (C=O) groups excluding carboxylic acids is 2. The molecule has 0 saturated carbocycles. The number of carbonyl (C=O) groups is 2. The zero-order valence-corrected chi connectivity index (χ0v) is 13.7. The second-order valence-electron chi connectivity index (χ2n) is 4.96. The molecule has 0 atom stereocenters. The van der Waals surface area contributed by atoms with Crippen molar-refractivity contribution < 1.29 is 27.5 Å². The predicted molar refractivity (Wildman–Crippen MR) is 85.8 cm³/mol. The molecular weight excluding hydrogens is 339 g/mol. The quantitative estimate of drug-likeness (QED) is 0.266. The largest absolute Gasteiger partial charge is 0.454 e. The molecule has 0 spiro atoms. The van der Waals surface area contributed by atoms with Crippen LogP contribution in [-0.4, -0.2) is 30.7 Å². The summed E-state index contributed by atoms with van der Waals surface area (Å²) < 4.78 is 43.5. The molecule has 0 aliphatic rings. The molecule has 0 aliphatic carbocycles. The number of esters is 1. The van der Waals surface area contributed by atoms with Gasteiger partial charge < -0.3 is 16.2 Å². The van der Waals surface area contributed by atoms with E-state index in [1.807, 2.05) is 0 Å². The maximum Gasteiger partial charge on any atom is 0.417 e. The molecule has 9 heteroatoms. The number of allylic oxidation sites excluding steroid dienone is 1. The smallest absolute Gasteiger partial charge is 0.417 e. The third-order valence-electron chi connectivity index (χ3n) is 3.05. The van der Waals surface area contributed by atoms with Crippen LogP contribution in [0.1, 0.15) is 29.8 Å². The van der Waals surface area contributed by atoms with Crippen LogP contribution in [0.5, 0.6) is 0 Å². The molecule has 0 heterocycles. The summed E-state index contributed by atoms with van der Waals surface area (Å²) in [4.78, 5) is 27.9. The van der Waals surface area contributed by atoms with Crippen LogP contribution in [0.25, 0.3) is 0 Å². The van der Waals surface area contributed by atoms with Gasteiger partial charge in [-0.15, -0.1) is 0 Å². The van der Waals surface area contributed by atoms with Crippen LogP contribution in [0.2, 0.25) is 0 Å². The summed E-state index contributed by atoms with van der Waals surface area (Å²) in [6, 6.07) is 4.23. The standard InChI is InChI=1S/C16H18F3N3O3/c1-3-22-14(21)13(9(2)20)15(24)25-8-12(23)10-6-4-5-7-11(10)16(17,18)19/h4-7H,3,8,20H2,1-2H3,(H2,21,22). The topological polar surface area (TPSA) is 108 Å². The number of ether oxygens (including phenoxy) is 1. The van der Waals surface area contributed by atoms with Crippen LogP contribution >= 0.6 is 0 Å². The normalized spacial score (nSPS) is 13.2. The van der Waals surface area contributed by atoms with Gasteiger partial charge in [0, 0.05) is 17.8 Å². The Hall–Kier alpha value is -2.84. The Morgan fingerprint density at radius 1 is 1.20 bits per heavy atom. The molecule has 6 nitrogen and oxygen atoms in total. The van der Waals surface area contributed by atoms with E-state index in [2.05, 4.69) is 4.99 Å². The number of amidine groups is 1. The van der Waals surface area contributed by atoms with E-state index in [0.717, 1.165) is 18.2 Å². The number of benzene rings is 1. The van der Waals surface area contributed by atoms with Gasteiger partial charge in [-0.1, -0.05) is 18.2 Å². The van der Waals surface area contributed by atoms with E-state index in [1.54, 1.807) is 6.92 Å². The first-order valence-corrected chi connectivity index (χ1v) is 7.22. The van der Waals surface area contributed by atoms with Gasteiger partial charge in [-0.2, -0.15) is 13.2 Å².